The van der Waals surface area contributed by atoms with Gasteiger partial charge in [0.1, 0.15) is 0 Å². The quantitative estimate of drug-likeness (QED) is 0.680. The normalized spacial score (nSPS) is 11.6. The third kappa shape index (κ3) is 3.49. The summed E-state index contributed by atoms with van der Waals surface area (Å²) < 4.78 is 37.5. The molecule has 0 amide bonds. The number of halogens is 3. The maximum Gasteiger partial charge on any atom is 0.254 e. The first kappa shape index (κ1) is 10.1. The lowest BCUT2D eigenvalue weighted by Crippen LogP contribution is -2.20. The maximum atomic E-state index is 12.9. The zero-order valence-corrected chi connectivity index (χ0v) is 7.14. The molecular formula is C10H11F3. The smallest absolute Gasteiger partial charge is 0.251 e. The molecule has 1 aromatic carbocycles. The molecule has 3 heteroatoms. The van der Waals surface area contributed by atoms with Crippen LogP contribution in [0, 0.1) is 0 Å². The highest BCUT2D eigenvalue weighted by Crippen LogP contribution is 2.23. The fourth-order valence-corrected chi connectivity index (χ4v) is 1.12. The molecule has 72 valence electrons. The maximum absolute atomic E-state index is 12.9. The second kappa shape index (κ2) is 4.30. The molecule has 0 aliphatic carbocycles. The van der Waals surface area contributed by atoms with Gasteiger partial charge in [-0.2, -0.15) is 0 Å². The van der Waals surface area contributed by atoms with Crippen LogP contribution in [0.2, 0.25) is 0 Å². The minimum Gasteiger partial charge on any atom is -0.251 e. The number of alkyl halides is 3. The SMILES string of the molecule is FCCC(F)(F)Cc1ccccc1. The first-order valence-electron chi connectivity index (χ1n) is 4.12. The zero-order chi connectivity index (χ0) is 9.73. The molecule has 0 saturated carbocycles. The summed E-state index contributed by atoms with van der Waals surface area (Å²) in [6, 6.07) is 8.39. The van der Waals surface area contributed by atoms with Gasteiger partial charge in [-0.05, 0) is 5.56 Å². The highest BCUT2D eigenvalue weighted by molar-refractivity contribution is 5.16. The van der Waals surface area contributed by atoms with Crippen LogP contribution < -0.4 is 0 Å². The van der Waals surface area contributed by atoms with E-state index in [4.69, 9.17) is 0 Å². The molecule has 0 unspecified atom stereocenters. The summed E-state index contributed by atoms with van der Waals surface area (Å²) >= 11 is 0. The Bertz CT molecular complexity index is 244. The summed E-state index contributed by atoms with van der Waals surface area (Å²) in [5.41, 5.74) is 0.543. The molecule has 1 aromatic rings. The molecule has 13 heavy (non-hydrogen) atoms. The van der Waals surface area contributed by atoms with Gasteiger partial charge in [0.2, 0.25) is 0 Å². The molecule has 0 N–H and O–H groups in total. The summed E-state index contributed by atoms with van der Waals surface area (Å²) in [7, 11) is 0. The second-order valence-electron chi connectivity index (χ2n) is 2.96. The van der Waals surface area contributed by atoms with Crippen LogP contribution in [-0.4, -0.2) is 12.6 Å². The van der Waals surface area contributed by atoms with E-state index < -0.39 is 19.0 Å². The summed E-state index contributed by atoms with van der Waals surface area (Å²) in [6.45, 7) is -0.972. The summed E-state index contributed by atoms with van der Waals surface area (Å²) in [5.74, 6) is -2.92. The van der Waals surface area contributed by atoms with E-state index in [0.29, 0.717) is 5.56 Å². The molecule has 0 nitrogen and oxygen atoms in total. The Labute approximate surface area is 75.4 Å². The minimum atomic E-state index is -2.92. The van der Waals surface area contributed by atoms with Crippen molar-refractivity contribution in [2.24, 2.45) is 0 Å². The summed E-state index contributed by atoms with van der Waals surface area (Å²) in [5, 5.41) is 0. The highest BCUT2D eigenvalue weighted by atomic mass is 19.3. The topological polar surface area (TPSA) is 0 Å². The van der Waals surface area contributed by atoms with Gasteiger partial charge in [-0.15, -0.1) is 0 Å². The Kier molecular flexibility index (Phi) is 3.34. The fourth-order valence-electron chi connectivity index (χ4n) is 1.12. The molecule has 0 aromatic heterocycles. The van der Waals surface area contributed by atoms with Crippen molar-refractivity contribution in [2.75, 3.05) is 6.67 Å². The number of hydrogen-bond acceptors (Lipinski definition) is 0. The van der Waals surface area contributed by atoms with Gasteiger partial charge in [0, 0.05) is 12.8 Å². The number of hydrogen-bond donors (Lipinski definition) is 0. The predicted octanol–water partition coefficient (Wildman–Crippen LogP) is 3.22. The minimum absolute atomic E-state index is 0.377. The molecule has 0 spiro atoms. The van der Waals surface area contributed by atoms with Crippen LogP contribution in [0.1, 0.15) is 12.0 Å². The Hall–Kier alpha value is -0.990. The van der Waals surface area contributed by atoms with Gasteiger partial charge >= 0.3 is 0 Å². The fraction of sp³-hybridized carbons (Fsp3) is 0.400. The van der Waals surface area contributed by atoms with Crippen molar-refractivity contribution >= 4 is 0 Å². The van der Waals surface area contributed by atoms with E-state index in [1.165, 1.54) is 0 Å². The lowest BCUT2D eigenvalue weighted by atomic mass is 10.1. The van der Waals surface area contributed by atoms with Crippen LogP contribution in [0.5, 0.6) is 0 Å². The Morgan fingerprint density at radius 3 is 2.23 bits per heavy atom. The number of rotatable bonds is 4. The first-order valence-corrected chi connectivity index (χ1v) is 4.12. The van der Waals surface area contributed by atoms with E-state index >= 15 is 0 Å². The average molecular weight is 188 g/mol. The van der Waals surface area contributed by atoms with Crippen molar-refractivity contribution in [1.82, 2.24) is 0 Å². The third-order valence-corrected chi connectivity index (χ3v) is 1.77. The second-order valence-corrected chi connectivity index (χ2v) is 2.96. The molecule has 0 fully saturated rings. The van der Waals surface area contributed by atoms with E-state index in [1.54, 1.807) is 30.3 Å². The lowest BCUT2D eigenvalue weighted by Gasteiger charge is -2.13. The Morgan fingerprint density at radius 1 is 1.08 bits per heavy atom. The van der Waals surface area contributed by atoms with E-state index in [9.17, 15) is 13.2 Å². The van der Waals surface area contributed by atoms with Crippen molar-refractivity contribution < 1.29 is 13.2 Å². The van der Waals surface area contributed by atoms with Crippen LogP contribution in [0.15, 0.2) is 30.3 Å². The van der Waals surface area contributed by atoms with Crippen LogP contribution in [0.4, 0.5) is 13.2 Å². The van der Waals surface area contributed by atoms with Crippen molar-refractivity contribution in [2.45, 2.75) is 18.8 Å². The largest absolute Gasteiger partial charge is 0.254 e. The summed E-state index contributed by atoms with van der Waals surface area (Å²) in [4.78, 5) is 0. The lowest BCUT2D eigenvalue weighted by molar-refractivity contribution is -0.0124. The predicted molar refractivity (Wildman–Crippen MR) is 45.7 cm³/mol. The third-order valence-electron chi connectivity index (χ3n) is 1.77. The van der Waals surface area contributed by atoms with Gasteiger partial charge < -0.3 is 0 Å². The van der Waals surface area contributed by atoms with E-state index in [-0.39, 0.29) is 6.42 Å². The first-order chi connectivity index (χ1) is 6.14. The van der Waals surface area contributed by atoms with E-state index in [0.717, 1.165) is 0 Å². The van der Waals surface area contributed by atoms with Gasteiger partial charge in [0.05, 0.1) is 6.67 Å². The van der Waals surface area contributed by atoms with Gasteiger partial charge in [-0.3, -0.25) is 4.39 Å². The molecule has 0 heterocycles. The van der Waals surface area contributed by atoms with E-state index in [2.05, 4.69) is 0 Å². The van der Waals surface area contributed by atoms with Crippen molar-refractivity contribution in [1.29, 1.82) is 0 Å². The zero-order valence-electron chi connectivity index (χ0n) is 7.14. The van der Waals surface area contributed by atoms with Crippen LogP contribution >= 0.6 is 0 Å². The summed E-state index contributed by atoms with van der Waals surface area (Å²) in [6.07, 6.45) is -1.07. The molecule has 0 bridgehead atoms. The molecular weight excluding hydrogens is 177 g/mol. The van der Waals surface area contributed by atoms with Crippen LogP contribution in [-0.2, 0) is 6.42 Å². The molecule has 0 saturated heterocycles. The Morgan fingerprint density at radius 2 is 1.69 bits per heavy atom. The molecule has 0 aliphatic heterocycles. The van der Waals surface area contributed by atoms with Gasteiger partial charge in [0.25, 0.3) is 5.92 Å². The van der Waals surface area contributed by atoms with Crippen molar-refractivity contribution in [3.63, 3.8) is 0 Å². The van der Waals surface area contributed by atoms with Crippen LogP contribution in [0.3, 0.4) is 0 Å². The van der Waals surface area contributed by atoms with Gasteiger partial charge in [-0.25, -0.2) is 8.78 Å². The molecule has 0 aliphatic rings. The van der Waals surface area contributed by atoms with Gasteiger partial charge in [-0.1, -0.05) is 30.3 Å². The van der Waals surface area contributed by atoms with Crippen molar-refractivity contribution in [3.8, 4) is 0 Å². The van der Waals surface area contributed by atoms with Crippen LogP contribution in [0.25, 0.3) is 0 Å². The standard InChI is InChI=1S/C10H11F3/c11-7-6-10(12,13)8-9-4-2-1-3-5-9/h1-5H,6-8H2. The highest BCUT2D eigenvalue weighted by Gasteiger charge is 2.28. The molecule has 0 atom stereocenters. The monoisotopic (exact) mass is 188 g/mol. The Balaban J connectivity index is 2.58. The van der Waals surface area contributed by atoms with E-state index in [1.807, 2.05) is 0 Å². The number of benzene rings is 1. The van der Waals surface area contributed by atoms with Crippen molar-refractivity contribution in [3.05, 3.63) is 35.9 Å². The molecule has 1 rings (SSSR count). The molecule has 0 radical (unpaired) electrons. The van der Waals surface area contributed by atoms with Gasteiger partial charge in [0.15, 0.2) is 0 Å². The average Bonchev–Trinajstić information content (AvgIpc) is 2.04.